The molecular weight excluding hydrogens is 321 g/mol. The van der Waals surface area contributed by atoms with Crippen molar-refractivity contribution in [3.05, 3.63) is 46.2 Å². The fraction of sp³-hybridized carbons (Fsp3) is 0.250. The normalized spacial score (nSPS) is 12.1. The van der Waals surface area contributed by atoms with E-state index < -0.39 is 10.0 Å². The van der Waals surface area contributed by atoms with Gasteiger partial charge in [0, 0.05) is 32.4 Å². The Hall–Kier alpha value is -1.08. The lowest BCUT2D eigenvalue weighted by Gasteiger charge is -2.16. The maximum Gasteiger partial charge on any atom is 0.243 e. The summed E-state index contributed by atoms with van der Waals surface area (Å²) in [5, 5.41) is 4.54. The molecule has 108 valence electrons. The molecule has 0 N–H and O–H groups in total. The van der Waals surface area contributed by atoms with Crippen molar-refractivity contribution >= 4 is 33.2 Å². The van der Waals surface area contributed by atoms with Crippen LogP contribution >= 0.6 is 23.2 Å². The Morgan fingerprint density at radius 3 is 2.55 bits per heavy atom. The summed E-state index contributed by atoms with van der Waals surface area (Å²) in [6.07, 6.45) is 3.39. The Bertz CT molecular complexity index is 728. The zero-order valence-electron chi connectivity index (χ0n) is 10.9. The van der Waals surface area contributed by atoms with Crippen LogP contribution in [0.4, 0.5) is 0 Å². The quantitative estimate of drug-likeness (QED) is 0.863. The second kappa shape index (κ2) is 5.73. The molecule has 0 saturated carbocycles. The van der Waals surface area contributed by atoms with Gasteiger partial charge < -0.3 is 0 Å². The molecule has 0 fully saturated rings. The molecule has 0 radical (unpaired) electrons. The van der Waals surface area contributed by atoms with E-state index in [2.05, 4.69) is 5.10 Å². The minimum absolute atomic E-state index is 0.110. The molecule has 2 rings (SSSR count). The monoisotopic (exact) mass is 333 g/mol. The summed E-state index contributed by atoms with van der Waals surface area (Å²) in [6.45, 7) is 0.233. The average Bonchev–Trinajstić information content (AvgIpc) is 2.78. The van der Waals surface area contributed by atoms with Gasteiger partial charge in [0.05, 0.1) is 21.1 Å². The van der Waals surface area contributed by atoms with Gasteiger partial charge in [-0.2, -0.15) is 9.40 Å². The second-order valence-electron chi connectivity index (χ2n) is 4.36. The molecule has 0 saturated heterocycles. The Labute approximate surface area is 127 Å². The van der Waals surface area contributed by atoms with E-state index in [1.807, 2.05) is 0 Å². The highest BCUT2D eigenvalue weighted by atomic mass is 35.5. The Morgan fingerprint density at radius 2 is 2.00 bits per heavy atom. The number of rotatable bonds is 4. The third kappa shape index (κ3) is 3.15. The predicted molar refractivity (Wildman–Crippen MR) is 78.3 cm³/mol. The lowest BCUT2D eigenvalue weighted by molar-refractivity contribution is 0.466. The average molecular weight is 334 g/mol. The van der Waals surface area contributed by atoms with Crippen molar-refractivity contribution in [2.75, 3.05) is 7.05 Å². The van der Waals surface area contributed by atoms with Crippen LogP contribution in [-0.4, -0.2) is 29.6 Å². The smallest absolute Gasteiger partial charge is 0.243 e. The lowest BCUT2D eigenvalue weighted by Crippen LogP contribution is -2.26. The van der Waals surface area contributed by atoms with E-state index in [4.69, 9.17) is 23.2 Å². The number of hydrogen-bond donors (Lipinski definition) is 0. The summed E-state index contributed by atoms with van der Waals surface area (Å²) in [5.74, 6) is 0. The van der Waals surface area contributed by atoms with Gasteiger partial charge in [0.1, 0.15) is 0 Å². The summed E-state index contributed by atoms with van der Waals surface area (Å²) >= 11 is 11.7. The van der Waals surface area contributed by atoms with Crippen LogP contribution in [0.2, 0.25) is 10.0 Å². The van der Waals surface area contributed by atoms with Gasteiger partial charge in [0.2, 0.25) is 10.0 Å². The molecule has 0 atom stereocenters. The van der Waals surface area contributed by atoms with E-state index in [-0.39, 0.29) is 16.5 Å². The van der Waals surface area contributed by atoms with Gasteiger partial charge in [-0.05, 0) is 18.2 Å². The van der Waals surface area contributed by atoms with E-state index in [0.717, 1.165) is 5.56 Å². The van der Waals surface area contributed by atoms with Crippen molar-refractivity contribution in [1.82, 2.24) is 14.1 Å². The largest absolute Gasteiger partial charge is 0.275 e. The molecule has 1 aromatic carbocycles. The highest BCUT2D eigenvalue weighted by Gasteiger charge is 2.22. The zero-order chi connectivity index (χ0) is 14.9. The van der Waals surface area contributed by atoms with Crippen LogP contribution in [0.15, 0.2) is 35.5 Å². The molecule has 1 aromatic heterocycles. The first-order valence-corrected chi connectivity index (χ1v) is 7.89. The molecule has 8 heteroatoms. The molecule has 0 aliphatic rings. The minimum Gasteiger partial charge on any atom is -0.275 e. The minimum atomic E-state index is -3.61. The lowest BCUT2D eigenvalue weighted by atomic mass is 10.4. The van der Waals surface area contributed by atoms with E-state index in [1.54, 1.807) is 24.1 Å². The first-order chi connectivity index (χ1) is 9.30. The van der Waals surface area contributed by atoms with Gasteiger partial charge in [-0.3, -0.25) is 4.68 Å². The molecule has 2 aromatic rings. The zero-order valence-corrected chi connectivity index (χ0v) is 13.2. The van der Waals surface area contributed by atoms with Crippen molar-refractivity contribution in [1.29, 1.82) is 0 Å². The number of aromatic nitrogens is 2. The molecule has 0 bridgehead atoms. The molecule has 1 heterocycles. The highest BCUT2D eigenvalue weighted by molar-refractivity contribution is 7.89. The van der Waals surface area contributed by atoms with Gasteiger partial charge in [0.25, 0.3) is 0 Å². The number of aryl methyl sites for hydroxylation is 1. The molecule has 5 nitrogen and oxygen atoms in total. The van der Waals surface area contributed by atoms with E-state index >= 15 is 0 Å². The molecule has 0 aliphatic heterocycles. The molecule has 0 unspecified atom stereocenters. The van der Waals surface area contributed by atoms with E-state index in [9.17, 15) is 8.42 Å². The number of hydrogen-bond acceptors (Lipinski definition) is 3. The Kier molecular flexibility index (Phi) is 4.39. The standard InChI is InChI=1S/C12H13Cl2N3O2S/c1-16-7-9(6-15-16)8-17(2)20(18,19)10-3-4-11(13)12(14)5-10/h3-7H,8H2,1-2H3. The first-order valence-electron chi connectivity index (χ1n) is 5.69. The number of halogens is 2. The van der Waals surface area contributed by atoms with Crippen molar-refractivity contribution in [2.45, 2.75) is 11.4 Å². The Balaban J connectivity index is 2.27. The summed E-state index contributed by atoms with van der Waals surface area (Å²) < 4.78 is 27.7. The number of sulfonamides is 1. The van der Waals surface area contributed by atoms with Gasteiger partial charge in [-0.1, -0.05) is 23.2 Å². The number of benzene rings is 1. The molecular formula is C12H13Cl2N3O2S. The number of nitrogens with zero attached hydrogens (tertiary/aromatic N) is 3. The maximum atomic E-state index is 12.4. The van der Waals surface area contributed by atoms with Crippen molar-refractivity contribution in [2.24, 2.45) is 7.05 Å². The van der Waals surface area contributed by atoms with Gasteiger partial charge in [-0.25, -0.2) is 8.42 Å². The SMILES string of the molecule is CN(Cc1cnn(C)c1)S(=O)(=O)c1ccc(Cl)c(Cl)c1. The van der Waals surface area contributed by atoms with E-state index in [0.29, 0.717) is 5.02 Å². The molecule has 0 spiro atoms. The third-order valence-corrected chi connectivity index (χ3v) is 5.30. The molecule has 0 amide bonds. The van der Waals surface area contributed by atoms with Gasteiger partial charge >= 0.3 is 0 Å². The topological polar surface area (TPSA) is 55.2 Å². The van der Waals surface area contributed by atoms with E-state index in [1.165, 1.54) is 29.6 Å². The van der Waals surface area contributed by atoms with Crippen molar-refractivity contribution in [3.8, 4) is 0 Å². The van der Waals surface area contributed by atoms with Gasteiger partial charge in [0.15, 0.2) is 0 Å². The van der Waals surface area contributed by atoms with Crippen LogP contribution < -0.4 is 0 Å². The van der Waals surface area contributed by atoms with Crippen LogP contribution in [0.5, 0.6) is 0 Å². The van der Waals surface area contributed by atoms with Crippen LogP contribution in [0.3, 0.4) is 0 Å². The highest BCUT2D eigenvalue weighted by Crippen LogP contribution is 2.26. The van der Waals surface area contributed by atoms with Crippen LogP contribution in [0, 0.1) is 0 Å². The second-order valence-corrected chi connectivity index (χ2v) is 7.22. The van der Waals surface area contributed by atoms with Gasteiger partial charge in [-0.15, -0.1) is 0 Å². The third-order valence-electron chi connectivity index (χ3n) is 2.76. The summed E-state index contributed by atoms with van der Waals surface area (Å²) in [4.78, 5) is 0.110. The predicted octanol–water partition coefficient (Wildman–Crippen LogP) is 2.55. The van der Waals surface area contributed by atoms with Crippen LogP contribution in [-0.2, 0) is 23.6 Å². The Morgan fingerprint density at radius 1 is 1.30 bits per heavy atom. The fourth-order valence-corrected chi connectivity index (χ4v) is 3.26. The molecule has 0 aliphatic carbocycles. The summed E-state index contributed by atoms with van der Waals surface area (Å²) in [6, 6.07) is 4.25. The van der Waals surface area contributed by atoms with Crippen molar-refractivity contribution < 1.29 is 8.42 Å². The van der Waals surface area contributed by atoms with Crippen LogP contribution in [0.1, 0.15) is 5.56 Å². The van der Waals surface area contributed by atoms with Crippen LogP contribution in [0.25, 0.3) is 0 Å². The van der Waals surface area contributed by atoms with Crippen molar-refractivity contribution in [3.63, 3.8) is 0 Å². The maximum absolute atomic E-state index is 12.4. The molecule has 20 heavy (non-hydrogen) atoms. The fourth-order valence-electron chi connectivity index (χ4n) is 1.71. The summed E-state index contributed by atoms with van der Waals surface area (Å²) in [7, 11) is -0.334. The first kappa shape index (κ1) is 15.3. The summed E-state index contributed by atoms with van der Waals surface area (Å²) in [5.41, 5.74) is 0.804.